The molecular formula is C24H25F3N3O3S+. The van der Waals surface area contributed by atoms with Gasteiger partial charge in [0.1, 0.15) is 5.56 Å². The van der Waals surface area contributed by atoms with Crippen molar-refractivity contribution < 1.29 is 32.1 Å². The first-order chi connectivity index (χ1) is 16.1. The quantitative estimate of drug-likeness (QED) is 0.346. The van der Waals surface area contributed by atoms with E-state index in [1.54, 1.807) is 12.0 Å². The van der Waals surface area contributed by atoms with Crippen molar-refractivity contribution in [3.63, 3.8) is 0 Å². The van der Waals surface area contributed by atoms with Crippen LogP contribution in [-0.4, -0.2) is 72.9 Å². The highest BCUT2D eigenvalue weighted by Crippen LogP contribution is 2.37. The highest BCUT2D eigenvalue weighted by Gasteiger charge is 2.37. The average Bonchev–Trinajstić information content (AvgIpc) is 2.73. The van der Waals surface area contributed by atoms with E-state index in [0.29, 0.717) is 43.3 Å². The predicted octanol–water partition coefficient (Wildman–Crippen LogP) is 3.83. The van der Waals surface area contributed by atoms with Gasteiger partial charge in [-0.15, -0.1) is 0 Å². The zero-order valence-electron chi connectivity index (χ0n) is 18.8. The van der Waals surface area contributed by atoms with Gasteiger partial charge in [0.2, 0.25) is 5.69 Å². The standard InChI is InChI=1S/C24H24F3N3O3S/c1-15-9-21-18(10-20(15)22(31)28-7-8-33-2)14-29(21)11-16-12-30(13-16)23(32)17-3-5-19(6-4-17)34-24(25,26)27/h3-6,9-10,14,16H,7-8,11-13H2,1-2H3/p+1. The van der Waals surface area contributed by atoms with E-state index in [1.165, 1.54) is 24.3 Å². The first-order valence-electron chi connectivity index (χ1n) is 10.8. The summed E-state index contributed by atoms with van der Waals surface area (Å²) >= 11 is -0.194. The largest absolute Gasteiger partial charge is 0.446 e. The number of halogens is 3. The molecule has 6 nitrogen and oxygen atoms in total. The fraction of sp³-hybridized carbons (Fsp3) is 0.375. The third-order valence-corrected chi connectivity index (χ3v) is 6.59. The maximum absolute atomic E-state index is 12.6. The second-order valence-electron chi connectivity index (χ2n) is 8.40. The summed E-state index contributed by atoms with van der Waals surface area (Å²) in [5.41, 5.74) is -0.354. The molecule has 10 heteroatoms. The van der Waals surface area contributed by atoms with E-state index in [1.807, 2.05) is 25.3 Å². The zero-order chi connectivity index (χ0) is 24.5. The first kappa shape index (κ1) is 24.3. The summed E-state index contributed by atoms with van der Waals surface area (Å²) < 4.78 is 44.5. The van der Waals surface area contributed by atoms with Gasteiger partial charge in [-0.1, -0.05) is 0 Å². The third kappa shape index (κ3) is 5.44. The van der Waals surface area contributed by atoms with Crippen LogP contribution in [0.1, 0.15) is 31.8 Å². The van der Waals surface area contributed by atoms with Crippen LogP contribution >= 0.6 is 11.8 Å². The van der Waals surface area contributed by atoms with E-state index in [0.717, 1.165) is 23.4 Å². The lowest BCUT2D eigenvalue weighted by molar-refractivity contribution is -0.459. The van der Waals surface area contributed by atoms with Gasteiger partial charge in [-0.05, 0) is 54.6 Å². The number of nitrogens with one attached hydrogen (secondary N) is 1. The molecule has 0 aromatic heterocycles. The summed E-state index contributed by atoms with van der Waals surface area (Å²) in [7, 11) is 1.58. The van der Waals surface area contributed by atoms with Crippen molar-refractivity contribution in [2.45, 2.75) is 17.3 Å². The van der Waals surface area contributed by atoms with E-state index in [-0.39, 0.29) is 28.5 Å². The minimum atomic E-state index is -4.35. The molecule has 0 radical (unpaired) electrons. The number of amides is 2. The minimum absolute atomic E-state index is 0.0587. The number of aryl methyl sites for hydroxylation is 1. The summed E-state index contributed by atoms with van der Waals surface area (Å²) in [6, 6.07) is 9.42. The van der Waals surface area contributed by atoms with Crippen LogP contribution in [0.25, 0.3) is 0 Å². The number of ether oxygens (including phenoxy) is 1. The first-order valence-corrected chi connectivity index (χ1v) is 11.6. The number of methoxy groups -OCH3 is 1. The fourth-order valence-electron chi connectivity index (χ4n) is 4.10. The lowest BCUT2D eigenvalue weighted by Gasteiger charge is -2.38. The molecule has 2 amide bonds. The minimum Gasteiger partial charge on any atom is -0.383 e. The number of nitrogens with zero attached hydrogens (tertiary/aromatic N) is 2. The molecule has 1 fully saturated rings. The van der Waals surface area contributed by atoms with Crippen LogP contribution in [0.4, 0.5) is 18.9 Å². The molecular weight excluding hydrogens is 467 g/mol. The predicted molar refractivity (Wildman–Crippen MR) is 123 cm³/mol. The number of carbonyl (C=O) groups is 2. The van der Waals surface area contributed by atoms with Crippen LogP contribution in [0.15, 0.2) is 41.3 Å². The van der Waals surface area contributed by atoms with Crippen molar-refractivity contribution in [1.29, 1.82) is 0 Å². The number of likely N-dealkylation sites (tertiary alicyclic amines) is 1. The Bertz CT molecular complexity index is 1130. The summed E-state index contributed by atoms with van der Waals surface area (Å²) in [4.78, 5) is 26.7. The van der Waals surface area contributed by atoms with E-state index >= 15 is 0 Å². The fourth-order valence-corrected chi connectivity index (χ4v) is 4.64. The number of fused-ring (bicyclic) bond motifs is 1. The molecule has 4 rings (SSSR count). The molecule has 0 unspecified atom stereocenters. The molecule has 0 saturated carbocycles. The maximum atomic E-state index is 12.6. The summed E-state index contributed by atoms with van der Waals surface area (Å²) in [5, 5.41) is 2.83. The van der Waals surface area contributed by atoms with Gasteiger partial charge in [0.15, 0.2) is 12.8 Å². The lowest BCUT2D eigenvalue weighted by atomic mass is 9.95. The Morgan fingerprint density at radius 1 is 1.21 bits per heavy atom. The molecule has 0 atom stereocenters. The molecule has 0 spiro atoms. The molecule has 180 valence electrons. The van der Waals surface area contributed by atoms with Crippen molar-refractivity contribution in [3.05, 3.63) is 58.7 Å². The average molecular weight is 493 g/mol. The second kappa shape index (κ2) is 9.79. The van der Waals surface area contributed by atoms with E-state index in [2.05, 4.69) is 9.89 Å². The van der Waals surface area contributed by atoms with Gasteiger partial charge < -0.3 is 15.0 Å². The number of hydrogen-bond acceptors (Lipinski definition) is 4. The Morgan fingerprint density at radius 3 is 2.56 bits per heavy atom. The van der Waals surface area contributed by atoms with Crippen molar-refractivity contribution in [2.24, 2.45) is 5.92 Å². The Hall–Kier alpha value is -2.85. The molecule has 0 aliphatic carbocycles. The summed E-state index contributed by atoms with van der Waals surface area (Å²) in [6.45, 7) is 4.77. The van der Waals surface area contributed by atoms with Crippen LogP contribution in [0.5, 0.6) is 0 Å². The normalized spacial score (nSPS) is 15.2. The highest BCUT2D eigenvalue weighted by molar-refractivity contribution is 8.00. The molecule has 2 aromatic carbocycles. The highest BCUT2D eigenvalue weighted by atomic mass is 32.2. The summed E-state index contributed by atoms with van der Waals surface area (Å²) in [5.74, 6) is 0.000817. The van der Waals surface area contributed by atoms with Gasteiger partial charge in [0, 0.05) is 48.8 Å². The number of alkyl halides is 3. The Balaban J connectivity index is 1.29. The monoisotopic (exact) mass is 492 g/mol. The number of hydrogen-bond donors (Lipinski definition) is 1. The number of benzene rings is 2. The van der Waals surface area contributed by atoms with Crippen molar-refractivity contribution in [2.75, 3.05) is 39.9 Å². The number of carbonyl (C=O) groups excluding carboxylic acids is 2. The van der Waals surface area contributed by atoms with Gasteiger partial charge >= 0.3 is 5.51 Å². The van der Waals surface area contributed by atoms with Gasteiger partial charge in [-0.2, -0.15) is 17.7 Å². The molecule has 2 aromatic rings. The van der Waals surface area contributed by atoms with Crippen molar-refractivity contribution in [1.82, 2.24) is 10.2 Å². The van der Waals surface area contributed by atoms with Crippen LogP contribution in [-0.2, 0) is 4.74 Å². The molecule has 1 saturated heterocycles. The topological polar surface area (TPSA) is 61.6 Å². The maximum Gasteiger partial charge on any atom is 0.446 e. The molecule has 34 heavy (non-hydrogen) atoms. The Morgan fingerprint density at radius 2 is 1.91 bits per heavy atom. The van der Waals surface area contributed by atoms with Crippen molar-refractivity contribution >= 4 is 35.5 Å². The van der Waals surface area contributed by atoms with Gasteiger partial charge in [-0.25, -0.2) is 0 Å². The van der Waals surface area contributed by atoms with E-state index in [9.17, 15) is 22.8 Å². The van der Waals surface area contributed by atoms with Crippen LogP contribution in [0.3, 0.4) is 0 Å². The smallest absolute Gasteiger partial charge is 0.383 e. The molecule has 2 aliphatic heterocycles. The Kier molecular flexibility index (Phi) is 6.99. The van der Waals surface area contributed by atoms with Gasteiger partial charge in [-0.3, -0.25) is 9.59 Å². The number of rotatable bonds is 8. The SMILES string of the molecule is COCCNC(=O)c1cc2c(cc1C)[N+](CC1CN(C(=O)c3ccc(SC(F)(F)F)cc3)C1)=C2. The van der Waals surface area contributed by atoms with Gasteiger partial charge in [0.05, 0.1) is 12.5 Å². The lowest BCUT2D eigenvalue weighted by Crippen LogP contribution is -2.53. The van der Waals surface area contributed by atoms with Crippen LogP contribution < -0.4 is 5.32 Å². The van der Waals surface area contributed by atoms with Crippen LogP contribution in [0, 0.1) is 12.8 Å². The Labute approximate surface area is 199 Å². The van der Waals surface area contributed by atoms with E-state index in [4.69, 9.17) is 4.74 Å². The van der Waals surface area contributed by atoms with Crippen LogP contribution in [0.2, 0.25) is 0 Å². The van der Waals surface area contributed by atoms with Crippen molar-refractivity contribution in [3.8, 4) is 0 Å². The summed E-state index contributed by atoms with van der Waals surface area (Å²) in [6.07, 6.45) is 2.00. The molecule has 2 heterocycles. The second-order valence-corrected chi connectivity index (χ2v) is 9.54. The number of thioether (sulfide) groups is 1. The third-order valence-electron chi connectivity index (χ3n) is 5.85. The van der Waals surface area contributed by atoms with Gasteiger partial charge in [0.25, 0.3) is 11.8 Å². The molecule has 0 bridgehead atoms. The zero-order valence-corrected chi connectivity index (χ0v) is 19.6. The molecule has 1 N–H and O–H groups in total. The van der Waals surface area contributed by atoms with E-state index < -0.39 is 5.51 Å². The molecule has 2 aliphatic rings.